The van der Waals surface area contributed by atoms with E-state index in [9.17, 15) is 9.59 Å². The zero-order valence-electron chi connectivity index (χ0n) is 18.4. The topological polar surface area (TPSA) is 91.5 Å². The van der Waals surface area contributed by atoms with Crippen LogP contribution in [0.4, 0.5) is 4.79 Å². The van der Waals surface area contributed by atoms with Crippen LogP contribution in [0.2, 0.25) is 0 Å². The standard InChI is InChI=1S/C25H29ClN4O3/c26-20-11-6-14-27-23(20)29-22(24(31)33-16-17-7-2-1-3-8-17)15-28-25(32)30-21-13-12-18-9-4-5-10-19(18)21/h1-5,7-11,21-23,27,29H,6,12-16H2,(H2,28,30,32)/t21?,22-,23?/m0/s1. The first-order valence-electron chi connectivity index (χ1n) is 11.3. The van der Waals surface area contributed by atoms with Crippen LogP contribution in [0.25, 0.3) is 0 Å². The van der Waals surface area contributed by atoms with Gasteiger partial charge in [-0.3, -0.25) is 15.4 Å². The van der Waals surface area contributed by atoms with Crippen molar-refractivity contribution in [1.82, 2.24) is 21.3 Å². The molecule has 174 valence electrons. The number of rotatable bonds is 8. The maximum Gasteiger partial charge on any atom is 0.325 e. The third-order valence-electron chi connectivity index (χ3n) is 5.89. The van der Waals surface area contributed by atoms with Crippen LogP contribution in [0.15, 0.2) is 65.7 Å². The van der Waals surface area contributed by atoms with Gasteiger partial charge in [-0.1, -0.05) is 72.3 Å². The van der Waals surface area contributed by atoms with E-state index in [1.54, 1.807) is 0 Å². The van der Waals surface area contributed by atoms with Crippen LogP contribution in [0, 0.1) is 0 Å². The molecule has 0 bridgehead atoms. The number of halogens is 1. The molecule has 4 rings (SSSR count). The van der Waals surface area contributed by atoms with Crippen LogP contribution in [0.1, 0.15) is 35.6 Å². The summed E-state index contributed by atoms with van der Waals surface area (Å²) in [6.07, 6.45) is 4.17. The monoisotopic (exact) mass is 468 g/mol. The molecule has 2 aromatic rings. The summed E-state index contributed by atoms with van der Waals surface area (Å²) in [5.74, 6) is -0.456. The van der Waals surface area contributed by atoms with Crippen molar-refractivity contribution in [2.75, 3.05) is 13.1 Å². The Balaban J connectivity index is 1.35. The lowest BCUT2D eigenvalue weighted by Gasteiger charge is -2.28. The minimum atomic E-state index is -0.770. The number of amides is 2. The van der Waals surface area contributed by atoms with Gasteiger partial charge in [0.2, 0.25) is 0 Å². The fraction of sp³-hybridized carbons (Fsp3) is 0.360. The molecule has 2 aliphatic rings. The van der Waals surface area contributed by atoms with E-state index in [1.165, 1.54) is 5.56 Å². The molecule has 0 spiro atoms. The molecule has 8 heteroatoms. The van der Waals surface area contributed by atoms with Gasteiger partial charge in [0.15, 0.2) is 0 Å². The number of carbonyl (C=O) groups excluding carboxylic acids is 2. The maximum atomic E-state index is 12.9. The van der Waals surface area contributed by atoms with Gasteiger partial charge in [-0.2, -0.15) is 0 Å². The van der Waals surface area contributed by atoms with E-state index in [1.807, 2.05) is 54.6 Å². The molecule has 7 nitrogen and oxygen atoms in total. The molecule has 1 aliphatic heterocycles. The summed E-state index contributed by atoms with van der Waals surface area (Å²) in [6, 6.07) is 16.5. The second kappa shape index (κ2) is 11.3. The third-order valence-corrected chi connectivity index (χ3v) is 6.26. The highest BCUT2D eigenvalue weighted by molar-refractivity contribution is 6.30. The van der Waals surface area contributed by atoms with E-state index in [0.29, 0.717) is 5.03 Å². The Labute approximate surface area is 198 Å². The van der Waals surface area contributed by atoms with Gasteiger partial charge in [0.1, 0.15) is 12.6 Å². The third kappa shape index (κ3) is 6.35. The molecule has 2 aromatic carbocycles. The molecule has 1 heterocycles. The summed E-state index contributed by atoms with van der Waals surface area (Å²) in [6.45, 7) is 0.968. The number of benzene rings is 2. The van der Waals surface area contributed by atoms with Gasteiger partial charge in [-0.05, 0) is 36.0 Å². The molecule has 0 aromatic heterocycles. The molecule has 3 atom stereocenters. The fourth-order valence-electron chi connectivity index (χ4n) is 4.14. The minimum Gasteiger partial charge on any atom is -0.460 e. The lowest BCUT2D eigenvalue weighted by Crippen LogP contribution is -2.56. The molecular weight excluding hydrogens is 440 g/mol. The van der Waals surface area contributed by atoms with Crippen molar-refractivity contribution in [3.05, 3.63) is 82.4 Å². The lowest BCUT2D eigenvalue weighted by atomic mass is 10.1. The largest absolute Gasteiger partial charge is 0.460 e. The van der Waals surface area contributed by atoms with E-state index in [-0.39, 0.29) is 31.4 Å². The summed E-state index contributed by atoms with van der Waals surface area (Å²) in [4.78, 5) is 25.5. The van der Waals surface area contributed by atoms with E-state index < -0.39 is 12.0 Å². The first kappa shape index (κ1) is 23.3. The number of aryl methyl sites for hydroxylation is 1. The van der Waals surface area contributed by atoms with Crippen LogP contribution >= 0.6 is 11.6 Å². The van der Waals surface area contributed by atoms with E-state index in [4.69, 9.17) is 16.3 Å². The normalized spacial score (nSPS) is 20.3. The molecule has 0 fully saturated rings. The van der Waals surface area contributed by atoms with Gasteiger partial charge in [0.05, 0.1) is 12.2 Å². The number of carbonyl (C=O) groups is 2. The molecule has 0 saturated carbocycles. The highest BCUT2D eigenvalue weighted by atomic mass is 35.5. The smallest absolute Gasteiger partial charge is 0.325 e. The van der Waals surface area contributed by atoms with Crippen molar-refractivity contribution < 1.29 is 14.3 Å². The number of nitrogens with one attached hydrogen (secondary N) is 4. The zero-order valence-corrected chi connectivity index (χ0v) is 19.1. The number of esters is 1. The summed E-state index contributed by atoms with van der Waals surface area (Å²) >= 11 is 6.31. The van der Waals surface area contributed by atoms with Crippen LogP contribution in [0.5, 0.6) is 0 Å². The van der Waals surface area contributed by atoms with Crippen molar-refractivity contribution in [3.8, 4) is 0 Å². The molecule has 2 amide bonds. The Morgan fingerprint density at radius 2 is 1.91 bits per heavy atom. The Kier molecular flexibility index (Phi) is 7.99. The van der Waals surface area contributed by atoms with E-state index >= 15 is 0 Å². The van der Waals surface area contributed by atoms with Crippen LogP contribution in [-0.2, 0) is 22.6 Å². The Morgan fingerprint density at radius 3 is 2.73 bits per heavy atom. The molecule has 4 N–H and O–H groups in total. The SMILES string of the molecule is O=C(NC[C@H](NC1NCCC=C1Cl)C(=O)OCc1ccccc1)NC1CCc2ccccc21. The van der Waals surface area contributed by atoms with Crippen molar-refractivity contribution in [1.29, 1.82) is 0 Å². The average Bonchev–Trinajstić information content (AvgIpc) is 3.24. The molecule has 0 saturated heterocycles. The van der Waals surface area contributed by atoms with Crippen molar-refractivity contribution in [2.24, 2.45) is 0 Å². The summed E-state index contributed by atoms with van der Waals surface area (Å²) in [7, 11) is 0. The van der Waals surface area contributed by atoms with Crippen molar-refractivity contribution in [2.45, 2.75) is 44.1 Å². The molecule has 0 radical (unpaired) electrons. The van der Waals surface area contributed by atoms with Gasteiger partial charge in [0, 0.05) is 18.1 Å². The second-order valence-corrected chi connectivity index (χ2v) is 8.66. The minimum absolute atomic E-state index is 0.0324. The molecule has 2 unspecified atom stereocenters. The van der Waals surface area contributed by atoms with Gasteiger partial charge in [-0.15, -0.1) is 0 Å². The molecule has 33 heavy (non-hydrogen) atoms. The number of hydrogen-bond donors (Lipinski definition) is 4. The maximum absolute atomic E-state index is 12.9. The Morgan fingerprint density at radius 1 is 1.12 bits per heavy atom. The number of hydrogen-bond acceptors (Lipinski definition) is 5. The average molecular weight is 469 g/mol. The van der Waals surface area contributed by atoms with Gasteiger partial charge >= 0.3 is 12.0 Å². The van der Waals surface area contributed by atoms with Gasteiger partial charge < -0.3 is 15.4 Å². The van der Waals surface area contributed by atoms with Gasteiger partial charge in [-0.25, -0.2) is 4.79 Å². The fourth-order valence-corrected chi connectivity index (χ4v) is 4.39. The van der Waals surface area contributed by atoms with Crippen LogP contribution < -0.4 is 21.3 Å². The second-order valence-electron chi connectivity index (χ2n) is 8.22. The molecular formula is C25H29ClN4O3. The van der Waals surface area contributed by atoms with E-state index in [0.717, 1.165) is 36.9 Å². The first-order valence-corrected chi connectivity index (χ1v) is 11.7. The number of fused-ring (bicyclic) bond motifs is 1. The predicted molar refractivity (Wildman–Crippen MR) is 128 cm³/mol. The van der Waals surface area contributed by atoms with Crippen molar-refractivity contribution >= 4 is 23.6 Å². The number of ether oxygens (including phenoxy) is 1. The van der Waals surface area contributed by atoms with Crippen LogP contribution in [0.3, 0.4) is 0 Å². The summed E-state index contributed by atoms with van der Waals surface area (Å²) < 4.78 is 5.52. The number of urea groups is 1. The van der Waals surface area contributed by atoms with Gasteiger partial charge in [0.25, 0.3) is 0 Å². The predicted octanol–water partition coefficient (Wildman–Crippen LogP) is 3.12. The summed E-state index contributed by atoms with van der Waals surface area (Å²) in [5.41, 5.74) is 3.30. The molecule has 1 aliphatic carbocycles. The first-order chi connectivity index (χ1) is 16.1. The van der Waals surface area contributed by atoms with Crippen molar-refractivity contribution in [3.63, 3.8) is 0 Å². The zero-order chi connectivity index (χ0) is 23.0. The highest BCUT2D eigenvalue weighted by Gasteiger charge is 2.28. The van der Waals surface area contributed by atoms with Crippen LogP contribution in [-0.4, -0.2) is 37.3 Å². The quantitative estimate of drug-likeness (QED) is 0.447. The Hall–Kier alpha value is -2.87. The lowest BCUT2D eigenvalue weighted by molar-refractivity contribution is -0.147. The van der Waals surface area contributed by atoms with E-state index in [2.05, 4.69) is 27.3 Å². The highest BCUT2D eigenvalue weighted by Crippen LogP contribution is 2.30. The summed E-state index contributed by atoms with van der Waals surface area (Å²) in [5, 5.41) is 12.8. The Bertz CT molecular complexity index is 998.